The molecule has 0 aliphatic carbocycles. The highest BCUT2D eigenvalue weighted by Crippen LogP contribution is 2.18. The van der Waals surface area contributed by atoms with E-state index in [2.05, 4.69) is 36.5 Å². The SMILES string of the molecule is CCCOc1ccc(CNc2ccc(OCc3ccccc3)cc2)cc1. The van der Waals surface area contributed by atoms with Crippen molar-refractivity contribution in [2.24, 2.45) is 0 Å². The fourth-order valence-electron chi connectivity index (χ4n) is 2.54. The van der Waals surface area contributed by atoms with E-state index in [1.165, 1.54) is 11.1 Å². The molecular weight excluding hydrogens is 322 g/mol. The highest BCUT2D eigenvalue weighted by Gasteiger charge is 1.99. The number of hydrogen-bond acceptors (Lipinski definition) is 3. The van der Waals surface area contributed by atoms with Crippen LogP contribution in [0.15, 0.2) is 78.9 Å². The Bertz CT molecular complexity index is 768. The first-order valence-electron chi connectivity index (χ1n) is 9.06. The normalized spacial score (nSPS) is 10.3. The Labute approximate surface area is 155 Å². The molecular formula is C23H25NO2. The van der Waals surface area contributed by atoms with Crippen LogP contribution in [-0.4, -0.2) is 6.61 Å². The summed E-state index contributed by atoms with van der Waals surface area (Å²) in [4.78, 5) is 0. The lowest BCUT2D eigenvalue weighted by Gasteiger charge is -2.10. The average Bonchev–Trinajstić information content (AvgIpc) is 2.71. The second-order valence-corrected chi connectivity index (χ2v) is 6.14. The monoisotopic (exact) mass is 347 g/mol. The molecule has 0 aromatic heterocycles. The van der Waals surface area contributed by atoms with Gasteiger partial charge in [-0.1, -0.05) is 49.4 Å². The summed E-state index contributed by atoms with van der Waals surface area (Å²) in [5.41, 5.74) is 3.46. The molecule has 3 aromatic rings. The molecule has 0 saturated heterocycles. The molecule has 0 amide bonds. The van der Waals surface area contributed by atoms with Crippen molar-refractivity contribution in [1.29, 1.82) is 0 Å². The molecule has 0 bridgehead atoms. The van der Waals surface area contributed by atoms with Crippen LogP contribution in [0.2, 0.25) is 0 Å². The maximum atomic E-state index is 5.81. The standard InChI is InChI=1S/C23H25NO2/c1-2-16-25-22-12-8-19(9-13-22)17-24-21-10-14-23(15-11-21)26-18-20-6-4-3-5-7-20/h3-15,24H,2,16-18H2,1H3. The number of ether oxygens (including phenoxy) is 2. The summed E-state index contributed by atoms with van der Waals surface area (Å²) in [5, 5.41) is 3.43. The van der Waals surface area contributed by atoms with Crippen molar-refractivity contribution in [3.05, 3.63) is 90.0 Å². The molecule has 3 rings (SSSR count). The van der Waals surface area contributed by atoms with Crippen LogP contribution in [0.25, 0.3) is 0 Å². The van der Waals surface area contributed by atoms with Gasteiger partial charge in [0.2, 0.25) is 0 Å². The Morgan fingerprint density at radius 3 is 2.04 bits per heavy atom. The lowest BCUT2D eigenvalue weighted by Crippen LogP contribution is -2.00. The number of nitrogens with one attached hydrogen (secondary N) is 1. The van der Waals surface area contributed by atoms with Crippen molar-refractivity contribution >= 4 is 5.69 Å². The van der Waals surface area contributed by atoms with Crippen LogP contribution < -0.4 is 14.8 Å². The minimum absolute atomic E-state index is 0.583. The molecule has 1 N–H and O–H groups in total. The van der Waals surface area contributed by atoms with Crippen LogP contribution in [-0.2, 0) is 13.2 Å². The third-order valence-corrected chi connectivity index (χ3v) is 4.00. The first-order valence-corrected chi connectivity index (χ1v) is 9.06. The van der Waals surface area contributed by atoms with Crippen LogP contribution >= 0.6 is 0 Å². The molecule has 26 heavy (non-hydrogen) atoms. The summed E-state index contributed by atoms with van der Waals surface area (Å²) in [7, 11) is 0. The zero-order valence-electron chi connectivity index (χ0n) is 15.2. The predicted molar refractivity (Wildman–Crippen MR) is 107 cm³/mol. The topological polar surface area (TPSA) is 30.5 Å². The molecule has 0 fully saturated rings. The van der Waals surface area contributed by atoms with E-state index in [0.29, 0.717) is 6.61 Å². The third-order valence-electron chi connectivity index (χ3n) is 4.00. The van der Waals surface area contributed by atoms with E-state index in [1.807, 2.05) is 54.6 Å². The van der Waals surface area contributed by atoms with E-state index in [0.717, 1.165) is 36.8 Å². The summed E-state index contributed by atoms with van der Waals surface area (Å²) < 4.78 is 11.4. The molecule has 0 spiro atoms. The van der Waals surface area contributed by atoms with Gasteiger partial charge in [0.1, 0.15) is 18.1 Å². The molecule has 3 aromatic carbocycles. The minimum atomic E-state index is 0.583. The molecule has 3 heteroatoms. The number of anilines is 1. The zero-order chi connectivity index (χ0) is 18.0. The van der Waals surface area contributed by atoms with Gasteiger partial charge in [-0.25, -0.2) is 0 Å². The molecule has 0 heterocycles. The summed E-state index contributed by atoms with van der Waals surface area (Å²) in [6.45, 7) is 4.23. The van der Waals surface area contributed by atoms with Crippen molar-refractivity contribution < 1.29 is 9.47 Å². The van der Waals surface area contributed by atoms with E-state index in [4.69, 9.17) is 9.47 Å². The zero-order valence-corrected chi connectivity index (χ0v) is 15.2. The highest BCUT2D eigenvalue weighted by atomic mass is 16.5. The molecule has 0 atom stereocenters. The van der Waals surface area contributed by atoms with Crippen LogP contribution in [0.3, 0.4) is 0 Å². The Kier molecular flexibility index (Phi) is 6.54. The van der Waals surface area contributed by atoms with E-state index in [-0.39, 0.29) is 0 Å². The Morgan fingerprint density at radius 2 is 1.35 bits per heavy atom. The fourth-order valence-corrected chi connectivity index (χ4v) is 2.54. The van der Waals surface area contributed by atoms with Gasteiger partial charge in [-0.2, -0.15) is 0 Å². The third kappa shape index (κ3) is 5.55. The van der Waals surface area contributed by atoms with Gasteiger partial charge in [0, 0.05) is 12.2 Å². The summed E-state index contributed by atoms with van der Waals surface area (Å²) in [5.74, 6) is 1.80. The van der Waals surface area contributed by atoms with Crippen LogP contribution in [0.4, 0.5) is 5.69 Å². The minimum Gasteiger partial charge on any atom is -0.494 e. The highest BCUT2D eigenvalue weighted by molar-refractivity contribution is 5.47. The van der Waals surface area contributed by atoms with Gasteiger partial charge in [0.05, 0.1) is 6.61 Å². The van der Waals surface area contributed by atoms with Crippen molar-refractivity contribution in [3.8, 4) is 11.5 Å². The molecule has 0 unspecified atom stereocenters. The molecule has 0 saturated carbocycles. The van der Waals surface area contributed by atoms with Gasteiger partial charge in [0.15, 0.2) is 0 Å². The van der Waals surface area contributed by atoms with Crippen LogP contribution in [0.5, 0.6) is 11.5 Å². The molecule has 0 radical (unpaired) electrons. The Balaban J connectivity index is 1.46. The summed E-state index contributed by atoms with van der Waals surface area (Å²) in [6, 6.07) is 26.5. The first-order chi connectivity index (χ1) is 12.8. The Morgan fingerprint density at radius 1 is 0.692 bits per heavy atom. The maximum Gasteiger partial charge on any atom is 0.119 e. The van der Waals surface area contributed by atoms with Crippen molar-refractivity contribution in [2.45, 2.75) is 26.5 Å². The summed E-state index contributed by atoms with van der Waals surface area (Å²) >= 11 is 0. The van der Waals surface area contributed by atoms with Gasteiger partial charge < -0.3 is 14.8 Å². The fraction of sp³-hybridized carbons (Fsp3) is 0.217. The molecule has 0 aliphatic heterocycles. The average molecular weight is 347 g/mol. The quantitative estimate of drug-likeness (QED) is 0.541. The maximum absolute atomic E-state index is 5.81. The lowest BCUT2D eigenvalue weighted by molar-refractivity contribution is 0.306. The van der Waals surface area contributed by atoms with Crippen LogP contribution in [0, 0.1) is 0 Å². The van der Waals surface area contributed by atoms with Gasteiger partial charge in [-0.3, -0.25) is 0 Å². The van der Waals surface area contributed by atoms with Gasteiger partial charge in [-0.05, 0) is 53.9 Å². The van der Waals surface area contributed by atoms with Gasteiger partial charge in [-0.15, -0.1) is 0 Å². The van der Waals surface area contributed by atoms with Gasteiger partial charge >= 0.3 is 0 Å². The predicted octanol–water partition coefficient (Wildman–Crippen LogP) is 5.67. The first kappa shape index (κ1) is 17.9. The smallest absolute Gasteiger partial charge is 0.119 e. The van der Waals surface area contributed by atoms with Crippen LogP contribution in [0.1, 0.15) is 24.5 Å². The second kappa shape index (κ2) is 9.52. The molecule has 134 valence electrons. The number of rotatable bonds is 9. The van der Waals surface area contributed by atoms with Crippen molar-refractivity contribution in [1.82, 2.24) is 0 Å². The summed E-state index contributed by atoms with van der Waals surface area (Å²) in [6.07, 6.45) is 1.02. The van der Waals surface area contributed by atoms with E-state index in [1.54, 1.807) is 0 Å². The van der Waals surface area contributed by atoms with Crippen molar-refractivity contribution in [3.63, 3.8) is 0 Å². The molecule has 0 aliphatic rings. The Hall–Kier alpha value is -2.94. The second-order valence-electron chi connectivity index (χ2n) is 6.14. The largest absolute Gasteiger partial charge is 0.494 e. The van der Waals surface area contributed by atoms with Crippen molar-refractivity contribution in [2.75, 3.05) is 11.9 Å². The number of benzene rings is 3. The van der Waals surface area contributed by atoms with Gasteiger partial charge in [0.25, 0.3) is 0 Å². The number of hydrogen-bond donors (Lipinski definition) is 1. The van der Waals surface area contributed by atoms with E-state index < -0.39 is 0 Å². The molecule has 3 nitrogen and oxygen atoms in total. The van der Waals surface area contributed by atoms with E-state index >= 15 is 0 Å². The van der Waals surface area contributed by atoms with E-state index in [9.17, 15) is 0 Å². The lowest BCUT2D eigenvalue weighted by atomic mass is 10.2.